The Hall–Kier alpha value is -3.15. The lowest BCUT2D eigenvalue weighted by Gasteiger charge is -2.23. The maximum atomic E-state index is 12.8. The predicted octanol–water partition coefficient (Wildman–Crippen LogP) is 6.56. The highest BCUT2D eigenvalue weighted by Gasteiger charge is 2.32. The second kappa shape index (κ2) is 6.23. The molecule has 0 aliphatic carbocycles. The van der Waals surface area contributed by atoms with E-state index >= 15 is 0 Å². The van der Waals surface area contributed by atoms with E-state index in [1.54, 1.807) is 24.1 Å². The van der Waals surface area contributed by atoms with Gasteiger partial charge in [-0.15, -0.1) is 13.2 Å². The number of aryl methyl sites for hydroxylation is 1. The van der Waals surface area contributed by atoms with Crippen molar-refractivity contribution in [3.8, 4) is 5.75 Å². The smallest absolute Gasteiger partial charge is 0.454 e. The van der Waals surface area contributed by atoms with Gasteiger partial charge in [-0.25, -0.2) is 0 Å². The largest absolute Gasteiger partial charge is 0.573 e. The van der Waals surface area contributed by atoms with Crippen LogP contribution in [0.5, 0.6) is 5.75 Å². The average molecular weight is 371 g/mol. The van der Waals surface area contributed by atoms with Crippen molar-refractivity contribution in [1.29, 1.82) is 0 Å². The van der Waals surface area contributed by atoms with Gasteiger partial charge in [0.25, 0.3) is 0 Å². The van der Waals surface area contributed by atoms with Gasteiger partial charge >= 0.3 is 6.36 Å². The molecule has 0 aliphatic rings. The van der Waals surface area contributed by atoms with Crippen LogP contribution in [-0.2, 0) is 0 Å². The highest BCUT2D eigenvalue weighted by molar-refractivity contribution is 6.10. The van der Waals surface area contributed by atoms with Crippen LogP contribution in [0.2, 0.25) is 0 Å². The summed E-state index contributed by atoms with van der Waals surface area (Å²) in [6.45, 7) is 1.96. The molecule has 4 aromatic rings. The van der Waals surface area contributed by atoms with Crippen LogP contribution in [0.4, 0.5) is 24.5 Å². The zero-order valence-electron chi connectivity index (χ0n) is 14.7. The van der Waals surface area contributed by atoms with Crippen LogP contribution in [0.15, 0.2) is 65.1 Å². The number of nitrogens with zero attached hydrogens (tertiary/aromatic N) is 1. The van der Waals surface area contributed by atoms with Gasteiger partial charge in [0, 0.05) is 17.8 Å². The SMILES string of the molecule is Cc1cccc2c1oc1c(N(C)c3ccccc3OC(F)(F)F)cccc12. The Labute approximate surface area is 153 Å². The Bertz CT molecular complexity index is 1130. The molecule has 138 valence electrons. The average Bonchev–Trinajstić information content (AvgIpc) is 3.01. The maximum Gasteiger partial charge on any atom is 0.573 e. The summed E-state index contributed by atoms with van der Waals surface area (Å²) in [6.07, 6.45) is -4.76. The summed E-state index contributed by atoms with van der Waals surface area (Å²) < 4.78 is 48.6. The lowest BCUT2D eigenvalue weighted by Crippen LogP contribution is -2.19. The van der Waals surface area contributed by atoms with E-state index in [1.807, 2.05) is 43.3 Å². The Balaban J connectivity index is 1.88. The molecular weight excluding hydrogens is 355 g/mol. The van der Waals surface area contributed by atoms with Gasteiger partial charge in [-0.1, -0.05) is 42.5 Å². The first-order chi connectivity index (χ1) is 12.8. The summed E-state index contributed by atoms with van der Waals surface area (Å²) in [4.78, 5) is 1.64. The Kier molecular flexibility index (Phi) is 3.98. The van der Waals surface area contributed by atoms with Crippen molar-refractivity contribution < 1.29 is 22.3 Å². The van der Waals surface area contributed by atoms with Crippen LogP contribution < -0.4 is 9.64 Å². The second-order valence-corrected chi connectivity index (χ2v) is 6.28. The summed E-state index contributed by atoms with van der Waals surface area (Å²) in [5.74, 6) is -0.267. The van der Waals surface area contributed by atoms with Crippen molar-refractivity contribution in [1.82, 2.24) is 0 Å². The molecule has 3 nitrogen and oxygen atoms in total. The molecule has 1 aromatic heterocycles. The van der Waals surface area contributed by atoms with Crippen molar-refractivity contribution in [3.63, 3.8) is 0 Å². The minimum absolute atomic E-state index is 0.267. The minimum atomic E-state index is -4.76. The van der Waals surface area contributed by atoms with E-state index in [1.165, 1.54) is 12.1 Å². The number of benzene rings is 3. The number of anilines is 2. The van der Waals surface area contributed by atoms with Crippen molar-refractivity contribution in [2.75, 3.05) is 11.9 Å². The van der Waals surface area contributed by atoms with Crippen molar-refractivity contribution in [2.24, 2.45) is 0 Å². The van der Waals surface area contributed by atoms with Crippen molar-refractivity contribution >= 4 is 33.3 Å². The number of ether oxygens (including phenoxy) is 1. The molecule has 27 heavy (non-hydrogen) atoms. The van der Waals surface area contributed by atoms with Gasteiger partial charge in [0.1, 0.15) is 5.58 Å². The molecule has 0 atom stereocenters. The van der Waals surface area contributed by atoms with E-state index < -0.39 is 6.36 Å². The molecule has 6 heteroatoms. The molecule has 0 amide bonds. The zero-order valence-corrected chi connectivity index (χ0v) is 14.7. The molecule has 0 bridgehead atoms. The Morgan fingerprint density at radius 3 is 2.19 bits per heavy atom. The van der Waals surface area contributed by atoms with E-state index in [0.717, 1.165) is 21.9 Å². The fraction of sp³-hybridized carbons (Fsp3) is 0.143. The highest BCUT2D eigenvalue weighted by Crippen LogP contribution is 2.41. The Morgan fingerprint density at radius 1 is 0.815 bits per heavy atom. The first-order valence-corrected chi connectivity index (χ1v) is 8.34. The first-order valence-electron chi connectivity index (χ1n) is 8.34. The van der Waals surface area contributed by atoms with Gasteiger partial charge < -0.3 is 14.1 Å². The van der Waals surface area contributed by atoms with Gasteiger partial charge in [0.15, 0.2) is 11.3 Å². The molecule has 0 spiro atoms. The molecule has 0 fully saturated rings. The van der Waals surface area contributed by atoms with E-state index in [2.05, 4.69) is 4.74 Å². The van der Waals surface area contributed by atoms with Crippen molar-refractivity contribution in [3.05, 3.63) is 66.2 Å². The third kappa shape index (κ3) is 3.07. The molecule has 3 aromatic carbocycles. The molecule has 0 saturated carbocycles. The zero-order chi connectivity index (χ0) is 19.2. The number of fused-ring (bicyclic) bond motifs is 3. The monoisotopic (exact) mass is 371 g/mol. The minimum Gasteiger partial charge on any atom is -0.454 e. The van der Waals surface area contributed by atoms with E-state index in [9.17, 15) is 13.2 Å². The fourth-order valence-electron chi connectivity index (χ4n) is 3.29. The summed E-state index contributed by atoms with van der Waals surface area (Å²) in [7, 11) is 1.69. The van der Waals surface area contributed by atoms with Gasteiger partial charge in [-0.3, -0.25) is 0 Å². The summed E-state index contributed by atoms with van der Waals surface area (Å²) >= 11 is 0. The van der Waals surface area contributed by atoms with Crippen molar-refractivity contribution in [2.45, 2.75) is 13.3 Å². The van der Waals surface area contributed by atoms with E-state index in [0.29, 0.717) is 17.0 Å². The number of rotatable bonds is 3. The van der Waals surface area contributed by atoms with Crippen LogP contribution in [-0.4, -0.2) is 13.4 Å². The Morgan fingerprint density at radius 2 is 1.44 bits per heavy atom. The van der Waals surface area contributed by atoms with E-state index in [4.69, 9.17) is 4.42 Å². The van der Waals surface area contributed by atoms with Crippen LogP contribution >= 0.6 is 0 Å². The number of alkyl halides is 3. The normalized spacial score (nSPS) is 11.9. The van der Waals surface area contributed by atoms with Gasteiger partial charge in [0.2, 0.25) is 0 Å². The lowest BCUT2D eigenvalue weighted by atomic mass is 10.1. The highest BCUT2D eigenvalue weighted by atomic mass is 19.4. The number of hydrogen-bond acceptors (Lipinski definition) is 3. The van der Waals surface area contributed by atoms with Gasteiger partial charge in [-0.05, 0) is 30.7 Å². The summed E-state index contributed by atoms with van der Waals surface area (Å²) in [5, 5.41) is 1.88. The van der Waals surface area contributed by atoms with Gasteiger partial charge in [-0.2, -0.15) is 0 Å². The standard InChI is InChI=1S/C21H16F3NO2/c1-13-7-5-8-14-15-9-6-11-17(20(15)26-19(13)14)25(2)16-10-3-4-12-18(16)27-21(22,23)24/h3-12H,1-2H3. The number of hydrogen-bond donors (Lipinski definition) is 0. The molecule has 0 N–H and O–H groups in total. The van der Waals surface area contributed by atoms with Crippen LogP contribution in [0, 0.1) is 6.92 Å². The quantitative estimate of drug-likeness (QED) is 0.408. The predicted molar refractivity (Wildman–Crippen MR) is 99.6 cm³/mol. The van der Waals surface area contributed by atoms with E-state index in [-0.39, 0.29) is 5.75 Å². The molecule has 1 heterocycles. The molecule has 0 radical (unpaired) electrons. The molecule has 0 aliphatic heterocycles. The van der Waals surface area contributed by atoms with Crippen LogP contribution in [0.25, 0.3) is 21.9 Å². The second-order valence-electron chi connectivity index (χ2n) is 6.28. The summed E-state index contributed by atoms with van der Waals surface area (Å²) in [5.41, 5.74) is 3.33. The van der Waals surface area contributed by atoms with Crippen LogP contribution in [0.3, 0.4) is 0 Å². The molecule has 0 saturated heterocycles. The first kappa shape index (κ1) is 17.3. The van der Waals surface area contributed by atoms with Gasteiger partial charge in [0.05, 0.1) is 11.4 Å². The third-order valence-electron chi connectivity index (χ3n) is 4.51. The lowest BCUT2D eigenvalue weighted by molar-refractivity contribution is -0.274. The summed E-state index contributed by atoms with van der Waals surface area (Å²) in [6, 6.07) is 17.5. The number of furan rings is 1. The number of para-hydroxylation sites is 4. The van der Waals surface area contributed by atoms with Crippen LogP contribution in [0.1, 0.15) is 5.56 Å². The molecule has 4 rings (SSSR count). The maximum absolute atomic E-state index is 12.8. The third-order valence-corrected chi connectivity index (χ3v) is 4.51. The topological polar surface area (TPSA) is 25.6 Å². The fourth-order valence-corrected chi connectivity index (χ4v) is 3.29. The number of halogens is 3. The molecule has 0 unspecified atom stereocenters. The molecular formula is C21H16F3NO2.